The van der Waals surface area contributed by atoms with E-state index < -0.39 is 0 Å². The summed E-state index contributed by atoms with van der Waals surface area (Å²) in [6.07, 6.45) is 0. The summed E-state index contributed by atoms with van der Waals surface area (Å²) in [7, 11) is 1.89. The first-order valence-electron chi connectivity index (χ1n) is 4.84. The van der Waals surface area contributed by atoms with Crippen LogP contribution < -0.4 is 20.9 Å². The quantitative estimate of drug-likeness (QED) is 0.741. The van der Waals surface area contributed by atoms with Crippen LogP contribution in [0.4, 0.5) is 5.69 Å². The lowest BCUT2D eigenvalue weighted by atomic mass is 10.2. The van der Waals surface area contributed by atoms with Crippen LogP contribution in [-0.2, 0) is 0 Å². The number of halogens is 1. The Morgan fingerprint density at radius 1 is 1.67 bits per heavy atom. The lowest BCUT2D eigenvalue weighted by Gasteiger charge is -2.35. The van der Waals surface area contributed by atoms with E-state index in [2.05, 4.69) is 5.32 Å². The van der Waals surface area contributed by atoms with Crippen LogP contribution in [0, 0.1) is 0 Å². The molecule has 0 spiro atoms. The van der Waals surface area contributed by atoms with Crippen molar-refractivity contribution in [3.63, 3.8) is 0 Å². The zero-order valence-electron chi connectivity index (χ0n) is 8.53. The van der Waals surface area contributed by atoms with Crippen molar-refractivity contribution in [1.82, 2.24) is 5.32 Å². The molecule has 0 amide bonds. The van der Waals surface area contributed by atoms with E-state index in [1.165, 1.54) is 0 Å². The van der Waals surface area contributed by atoms with E-state index in [0.717, 1.165) is 12.2 Å². The molecular formula is C10H14ClN3O. The molecule has 1 atom stereocenters. The summed E-state index contributed by atoms with van der Waals surface area (Å²) >= 11 is 6.01. The van der Waals surface area contributed by atoms with E-state index in [1.807, 2.05) is 19.2 Å². The molecule has 15 heavy (non-hydrogen) atoms. The molecule has 5 heteroatoms. The van der Waals surface area contributed by atoms with Gasteiger partial charge in [0.2, 0.25) is 0 Å². The van der Waals surface area contributed by atoms with E-state index in [4.69, 9.17) is 22.2 Å². The number of rotatable bonds is 2. The summed E-state index contributed by atoms with van der Waals surface area (Å²) in [5, 5.41) is 5.39. The number of likely N-dealkylation sites (N-methyl/N-ethyl adjacent to an activating group) is 1. The average Bonchev–Trinajstić information content (AvgIpc) is 2.23. The molecule has 0 saturated heterocycles. The van der Waals surface area contributed by atoms with E-state index in [9.17, 15) is 0 Å². The second-order valence-electron chi connectivity index (χ2n) is 3.52. The molecule has 82 valence electrons. The maximum Gasteiger partial charge on any atom is 0.162 e. The third kappa shape index (κ3) is 1.88. The Hall–Kier alpha value is -0.970. The van der Waals surface area contributed by atoms with Gasteiger partial charge >= 0.3 is 0 Å². The number of hydrogen-bond acceptors (Lipinski definition) is 4. The van der Waals surface area contributed by atoms with Crippen molar-refractivity contribution < 1.29 is 4.74 Å². The molecule has 4 nitrogen and oxygen atoms in total. The van der Waals surface area contributed by atoms with Gasteiger partial charge in [0.1, 0.15) is 6.61 Å². The predicted molar refractivity (Wildman–Crippen MR) is 61.3 cm³/mol. The van der Waals surface area contributed by atoms with Gasteiger partial charge in [-0.25, -0.2) is 5.84 Å². The van der Waals surface area contributed by atoms with Crippen molar-refractivity contribution in [3.05, 3.63) is 23.2 Å². The van der Waals surface area contributed by atoms with Crippen molar-refractivity contribution in [2.75, 3.05) is 25.2 Å². The minimum absolute atomic E-state index is 0.140. The molecule has 1 unspecified atom stereocenters. The molecule has 1 heterocycles. The molecule has 1 aliphatic rings. The van der Waals surface area contributed by atoms with E-state index >= 15 is 0 Å². The first kappa shape index (κ1) is 10.5. The minimum atomic E-state index is 0.140. The van der Waals surface area contributed by atoms with Crippen LogP contribution in [0.1, 0.15) is 0 Å². The summed E-state index contributed by atoms with van der Waals surface area (Å²) in [6.45, 7) is 1.33. The number of hydrogen-bond donors (Lipinski definition) is 2. The molecule has 0 bridgehead atoms. The zero-order valence-corrected chi connectivity index (χ0v) is 9.29. The predicted octanol–water partition coefficient (Wildman–Crippen LogP) is 1.00. The number of anilines is 1. The summed E-state index contributed by atoms with van der Waals surface area (Å²) in [5.74, 6) is 6.68. The third-order valence-electron chi connectivity index (χ3n) is 2.48. The number of nitrogens with one attached hydrogen (secondary N) is 1. The normalized spacial score (nSPS) is 19.7. The molecule has 0 saturated carbocycles. The first-order valence-corrected chi connectivity index (χ1v) is 5.21. The van der Waals surface area contributed by atoms with Crippen molar-refractivity contribution in [1.29, 1.82) is 0 Å². The Bertz CT molecular complexity index is 359. The Labute approximate surface area is 93.9 Å². The van der Waals surface area contributed by atoms with Gasteiger partial charge in [-0.05, 0) is 19.2 Å². The third-order valence-corrected chi connectivity index (χ3v) is 2.78. The zero-order chi connectivity index (χ0) is 10.8. The number of hydrazine groups is 1. The monoisotopic (exact) mass is 227 g/mol. The van der Waals surface area contributed by atoms with Crippen molar-refractivity contribution in [2.24, 2.45) is 5.84 Å². The number of ether oxygens (including phenoxy) is 1. The number of benzene rings is 1. The standard InChI is InChI=1S/C10H14ClN3O/c1-13-5-7-6-15-10-8(11)3-2-4-9(10)14(7)12/h2-4,7,13H,5-6,12H2,1H3. The summed E-state index contributed by atoms with van der Waals surface area (Å²) in [5.41, 5.74) is 0.842. The molecular weight excluding hydrogens is 214 g/mol. The fraction of sp³-hybridized carbons (Fsp3) is 0.400. The highest BCUT2D eigenvalue weighted by Gasteiger charge is 2.26. The Balaban J connectivity index is 2.30. The first-order chi connectivity index (χ1) is 7.24. The van der Waals surface area contributed by atoms with E-state index in [1.54, 1.807) is 11.1 Å². The molecule has 1 aliphatic heterocycles. The smallest absolute Gasteiger partial charge is 0.162 e. The van der Waals surface area contributed by atoms with E-state index in [0.29, 0.717) is 17.4 Å². The number of fused-ring (bicyclic) bond motifs is 1. The van der Waals surface area contributed by atoms with Crippen LogP contribution >= 0.6 is 11.6 Å². The highest BCUT2D eigenvalue weighted by Crippen LogP contribution is 2.37. The van der Waals surface area contributed by atoms with Crippen LogP contribution in [0.3, 0.4) is 0 Å². The Morgan fingerprint density at radius 3 is 3.20 bits per heavy atom. The number of nitrogens with zero attached hydrogens (tertiary/aromatic N) is 1. The topological polar surface area (TPSA) is 50.5 Å². The number of nitrogens with two attached hydrogens (primary N) is 1. The second kappa shape index (κ2) is 4.26. The maximum atomic E-state index is 6.01. The largest absolute Gasteiger partial charge is 0.488 e. The SMILES string of the molecule is CNCC1COc2c(Cl)cccc2N1N. The lowest BCUT2D eigenvalue weighted by Crippen LogP contribution is -2.52. The van der Waals surface area contributed by atoms with Crippen molar-refractivity contribution in [2.45, 2.75) is 6.04 Å². The van der Waals surface area contributed by atoms with Gasteiger partial charge in [0.15, 0.2) is 5.75 Å². The van der Waals surface area contributed by atoms with Gasteiger partial charge in [0, 0.05) is 6.54 Å². The van der Waals surface area contributed by atoms with Crippen LogP contribution in [-0.4, -0.2) is 26.2 Å². The Kier molecular flexibility index (Phi) is 3.00. The van der Waals surface area contributed by atoms with Gasteiger partial charge in [-0.2, -0.15) is 0 Å². The summed E-state index contributed by atoms with van der Waals surface area (Å²) in [4.78, 5) is 0. The highest BCUT2D eigenvalue weighted by atomic mass is 35.5. The molecule has 0 aliphatic carbocycles. The summed E-state index contributed by atoms with van der Waals surface area (Å²) < 4.78 is 5.60. The second-order valence-corrected chi connectivity index (χ2v) is 3.93. The maximum absolute atomic E-state index is 6.01. The van der Waals surface area contributed by atoms with Gasteiger partial charge in [0.05, 0.1) is 16.8 Å². The molecule has 2 rings (SSSR count). The van der Waals surface area contributed by atoms with Gasteiger partial charge in [-0.3, -0.25) is 5.01 Å². The molecule has 0 radical (unpaired) electrons. The Morgan fingerprint density at radius 2 is 2.47 bits per heavy atom. The highest BCUT2D eigenvalue weighted by molar-refractivity contribution is 6.32. The van der Waals surface area contributed by atoms with Crippen LogP contribution in [0.15, 0.2) is 18.2 Å². The van der Waals surface area contributed by atoms with Crippen molar-refractivity contribution in [3.8, 4) is 5.75 Å². The van der Waals surface area contributed by atoms with E-state index in [-0.39, 0.29) is 6.04 Å². The molecule has 3 N–H and O–H groups in total. The molecule has 1 aromatic carbocycles. The van der Waals surface area contributed by atoms with Gasteiger partial charge in [0.25, 0.3) is 0 Å². The van der Waals surface area contributed by atoms with Gasteiger partial charge in [-0.1, -0.05) is 17.7 Å². The van der Waals surface area contributed by atoms with Crippen LogP contribution in [0.5, 0.6) is 5.75 Å². The fourth-order valence-electron chi connectivity index (χ4n) is 1.69. The van der Waals surface area contributed by atoms with Crippen LogP contribution in [0.25, 0.3) is 0 Å². The molecule has 0 aromatic heterocycles. The molecule has 0 fully saturated rings. The lowest BCUT2D eigenvalue weighted by molar-refractivity contribution is 0.260. The average molecular weight is 228 g/mol. The minimum Gasteiger partial charge on any atom is -0.488 e. The summed E-state index contributed by atoms with van der Waals surface area (Å²) in [6, 6.07) is 5.71. The number of para-hydroxylation sites is 1. The van der Waals surface area contributed by atoms with Crippen LogP contribution in [0.2, 0.25) is 5.02 Å². The molecule has 1 aromatic rings. The van der Waals surface area contributed by atoms with Gasteiger partial charge < -0.3 is 10.1 Å². The fourth-order valence-corrected chi connectivity index (χ4v) is 1.92. The van der Waals surface area contributed by atoms with Gasteiger partial charge in [-0.15, -0.1) is 0 Å². The van der Waals surface area contributed by atoms with Crippen molar-refractivity contribution >= 4 is 17.3 Å².